The van der Waals surface area contributed by atoms with E-state index in [4.69, 9.17) is 17.2 Å². The average Bonchev–Trinajstić information content (AvgIpc) is 4.12. The van der Waals surface area contributed by atoms with Crippen LogP contribution in [0.15, 0.2) is 24.3 Å². The van der Waals surface area contributed by atoms with Crippen LogP contribution < -0.4 is 59.7 Å². The van der Waals surface area contributed by atoms with Gasteiger partial charge in [0.25, 0.3) is 0 Å². The van der Waals surface area contributed by atoms with Gasteiger partial charge in [-0.15, -0.1) is 0 Å². The van der Waals surface area contributed by atoms with E-state index in [9.17, 15) is 67.7 Å². The van der Waals surface area contributed by atoms with E-state index in [1.165, 1.54) is 31.2 Å². The number of primary amides is 3. The van der Waals surface area contributed by atoms with Gasteiger partial charge in [-0.2, -0.15) is 0 Å². The first-order chi connectivity index (χ1) is 32.0. The van der Waals surface area contributed by atoms with Gasteiger partial charge in [-0.05, 0) is 49.8 Å². The van der Waals surface area contributed by atoms with Gasteiger partial charge in [0.2, 0.25) is 70.9 Å². The zero-order valence-corrected chi connectivity index (χ0v) is 38.0. The Hall–Kier alpha value is -7.38. The third kappa shape index (κ3) is 18.1. The Morgan fingerprint density at radius 3 is 1.94 bits per heavy atom. The summed E-state index contributed by atoms with van der Waals surface area (Å²) in [4.78, 5) is 159. The number of nitrogens with zero attached hydrogens (tertiary/aromatic N) is 1. The van der Waals surface area contributed by atoms with E-state index in [-0.39, 0.29) is 12.2 Å². The fourth-order valence-electron chi connectivity index (χ4n) is 6.84. The molecule has 1 saturated carbocycles. The maximum absolute atomic E-state index is 14.3. The molecule has 1 heterocycles. The van der Waals surface area contributed by atoms with Crippen LogP contribution in [0.5, 0.6) is 5.75 Å². The molecule has 1 aromatic rings. The standard InChI is InChI=1S/C42H62N12O14/c1-4-20(2)35-41(67)49-25(11-12-29(43)57)37(63)50-27(16-30(44)58)38(64)51-28(42(68)54(23-7-8-23)19-34(62)52-36(21(3)55)40(66)47-18-31(45)59)17-46-32(60)13-14-33(61)48-26(39(65)53-35)15-22-5-9-24(56)10-6-22/h5-6,9-10,20-21,23,25-28,35-36,55-56H,4,7-8,11-19H2,1-3H3,(H2,43,57)(H2,44,58)(H2,45,59)(H,46,60)(H,47,66)(H,48,61)(H,49,67)(H,50,63)(H,51,64)(H,52,62)(H,53,65)/t20-,21+,25-,26-,27-,28-,35-,36-/m0/s1. The molecule has 1 aliphatic heterocycles. The van der Waals surface area contributed by atoms with Gasteiger partial charge in [0.15, 0.2) is 0 Å². The molecule has 1 aliphatic carbocycles. The van der Waals surface area contributed by atoms with E-state index < -0.39 is 177 Å². The van der Waals surface area contributed by atoms with E-state index in [0.29, 0.717) is 24.8 Å². The van der Waals surface area contributed by atoms with E-state index in [2.05, 4.69) is 42.5 Å². The zero-order chi connectivity index (χ0) is 50.8. The summed E-state index contributed by atoms with van der Waals surface area (Å²) >= 11 is 0. The van der Waals surface area contributed by atoms with Crippen molar-refractivity contribution in [2.75, 3.05) is 19.6 Å². The van der Waals surface area contributed by atoms with Gasteiger partial charge in [0, 0.05) is 38.3 Å². The molecule has 1 aromatic carbocycles. The summed E-state index contributed by atoms with van der Waals surface area (Å²) in [6, 6.07) is -4.46. The van der Waals surface area contributed by atoms with E-state index >= 15 is 0 Å². The summed E-state index contributed by atoms with van der Waals surface area (Å²) in [6.07, 6.45) is -3.39. The molecule has 0 unspecified atom stereocenters. The van der Waals surface area contributed by atoms with Gasteiger partial charge in [-0.1, -0.05) is 32.4 Å². The fraction of sp³-hybridized carbons (Fsp3) is 0.571. The van der Waals surface area contributed by atoms with Crippen LogP contribution in [-0.4, -0.2) is 154 Å². The van der Waals surface area contributed by atoms with Gasteiger partial charge in [0.05, 0.1) is 25.6 Å². The lowest BCUT2D eigenvalue weighted by Crippen LogP contribution is -2.62. The molecule has 26 nitrogen and oxygen atoms in total. The van der Waals surface area contributed by atoms with Crippen LogP contribution in [-0.2, 0) is 64.0 Å². The number of benzene rings is 1. The Balaban J connectivity index is 2.05. The fourth-order valence-corrected chi connectivity index (χ4v) is 6.84. The highest BCUT2D eigenvalue weighted by Gasteiger charge is 2.40. The van der Waals surface area contributed by atoms with Crippen molar-refractivity contribution < 1.29 is 67.7 Å². The number of aliphatic hydroxyl groups excluding tert-OH is 1. The van der Waals surface area contributed by atoms with Gasteiger partial charge < -0.3 is 74.8 Å². The maximum Gasteiger partial charge on any atom is 0.247 e. The largest absolute Gasteiger partial charge is 0.508 e. The molecule has 8 atom stereocenters. The van der Waals surface area contributed by atoms with Gasteiger partial charge >= 0.3 is 0 Å². The van der Waals surface area contributed by atoms with Crippen LogP contribution in [0.3, 0.4) is 0 Å². The van der Waals surface area contributed by atoms with Crippen molar-refractivity contribution in [3.8, 4) is 5.75 Å². The number of nitrogens with one attached hydrogen (secondary N) is 8. The van der Waals surface area contributed by atoms with Crippen molar-refractivity contribution in [1.29, 1.82) is 0 Å². The number of nitrogens with two attached hydrogens (primary N) is 3. The Bertz CT molecular complexity index is 2060. The second-order valence-corrected chi connectivity index (χ2v) is 16.7. The summed E-state index contributed by atoms with van der Waals surface area (Å²) in [7, 11) is 0. The number of hydrogen-bond donors (Lipinski definition) is 13. The van der Waals surface area contributed by atoms with Crippen LogP contribution in [0, 0.1) is 5.92 Å². The van der Waals surface area contributed by atoms with Crippen molar-refractivity contribution in [1.82, 2.24) is 47.4 Å². The quantitative estimate of drug-likeness (QED) is 0.0652. The molecule has 0 aromatic heterocycles. The Morgan fingerprint density at radius 1 is 0.765 bits per heavy atom. The summed E-state index contributed by atoms with van der Waals surface area (Å²) < 4.78 is 0. The SMILES string of the molecule is CC[C@H](C)[C@@H]1NC(=O)[C@H](Cc2ccc(O)cc2)NC(=O)CCC(=O)NC[C@@H](C(=O)N(CC(=O)N[C@H](C(=O)NCC(N)=O)[C@@H](C)O)C2CC2)NC(=O)[C@H](CC(N)=O)NC(=O)[C@H](CCC(N)=O)NC1=O. The molecule has 0 bridgehead atoms. The summed E-state index contributed by atoms with van der Waals surface area (Å²) in [5, 5.41) is 39.3. The number of phenols is 1. The maximum atomic E-state index is 14.3. The molecule has 16 N–H and O–H groups in total. The van der Waals surface area contributed by atoms with Crippen molar-refractivity contribution in [2.24, 2.45) is 23.1 Å². The number of aromatic hydroxyl groups is 1. The Labute approximate surface area is 390 Å². The molecule has 26 heteroatoms. The first kappa shape index (κ1) is 55.0. The number of amides is 12. The molecule has 3 rings (SSSR count). The van der Waals surface area contributed by atoms with Crippen LogP contribution in [0.1, 0.15) is 77.7 Å². The molecule has 2 fully saturated rings. The van der Waals surface area contributed by atoms with Crippen molar-refractivity contribution in [2.45, 2.75) is 127 Å². The summed E-state index contributed by atoms with van der Waals surface area (Å²) in [6.45, 7) is 2.45. The van der Waals surface area contributed by atoms with Gasteiger partial charge in [0.1, 0.15) is 42.0 Å². The third-order valence-corrected chi connectivity index (χ3v) is 11.0. The third-order valence-electron chi connectivity index (χ3n) is 11.0. The van der Waals surface area contributed by atoms with Crippen LogP contribution in [0.2, 0.25) is 0 Å². The number of aliphatic hydroxyl groups is 1. The minimum atomic E-state index is -1.86. The van der Waals surface area contributed by atoms with Crippen LogP contribution in [0.25, 0.3) is 0 Å². The highest BCUT2D eigenvalue weighted by atomic mass is 16.3. The first-order valence-electron chi connectivity index (χ1n) is 21.9. The van der Waals surface area contributed by atoms with E-state index in [1.54, 1.807) is 13.8 Å². The number of rotatable bonds is 18. The minimum Gasteiger partial charge on any atom is -0.508 e. The normalized spacial score (nSPS) is 22.4. The molecule has 68 heavy (non-hydrogen) atoms. The lowest BCUT2D eigenvalue weighted by atomic mass is 9.96. The lowest BCUT2D eigenvalue weighted by molar-refractivity contribution is -0.142. The first-order valence-corrected chi connectivity index (χ1v) is 21.9. The number of carbonyl (C=O) groups is 12. The number of phenolic OH excluding ortho intramolecular Hbond substituents is 1. The zero-order valence-electron chi connectivity index (χ0n) is 38.0. The predicted octanol–water partition coefficient (Wildman–Crippen LogP) is -6.09. The molecular weight excluding hydrogens is 897 g/mol. The Morgan fingerprint density at radius 2 is 1.37 bits per heavy atom. The molecule has 0 radical (unpaired) electrons. The minimum absolute atomic E-state index is 0.0745. The van der Waals surface area contributed by atoms with Crippen molar-refractivity contribution in [3.63, 3.8) is 0 Å². The van der Waals surface area contributed by atoms with Crippen LogP contribution >= 0.6 is 0 Å². The average molecular weight is 959 g/mol. The monoisotopic (exact) mass is 958 g/mol. The number of carbonyl (C=O) groups excluding carboxylic acids is 12. The Kier molecular flexibility index (Phi) is 21.1. The van der Waals surface area contributed by atoms with Crippen molar-refractivity contribution >= 4 is 70.9 Å². The highest BCUT2D eigenvalue weighted by Crippen LogP contribution is 2.27. The van der Waals surface area contributed by atoms with Gasteiger partial charge in [-0.25, -0.2) is 0 Å². The number of hydrogen-bond acceptors (Lipinski definition) is 14. The molecule has 374 valence electrons. The predicted molar refractivity (Wildman–Crippen MR) is 236 cm³/mol. The van der Waals surface area contributed by atoms with Crippen molar-refractivity contribution in [3.05, 3.63) is 29.8 Å². The van der Waals surface area contributed by atoms with Gasteiger partial charge in [-0.3, -0.25) is 57.5 Å². The topological polar surface area (TPSA) is 423 Å². The summed E-state index contributed by atoms with van der Waals surface area (Å²) in [5.74, 6) is -12.2. The smallest absolute Gasteiger partial charge is 0.247 e. The molecule has 0 spiro atoms. The summed E-state index contributed by atoms with van der Waals surface area (Å²) in [5.41, 5.74) is 16.4. The second kappa shape index (κ2) is 26.1. The highest BCUT2D eigenvalue weighted by molar-refractivity contribution is 5.99. The van der Waals surface area contributed by atoms with Crippen LogP contribution in [0.4, 0.5) is 0 Å². The molecule has 12 amide bonds. The molecule has 2 aliphatic rings. The second-order valence-electron chi connectivity index (χ2n) is 16.7. The molecule has 1 saturated heterocycles. The van der Waals surface area contributed by atoms with E-state index in [1.807, 2.05) is 0 Å². The molecular formula is C42H62N12O14. The van der Waals surface area contributed by atoms with E-state index in [0.717, 1.165) is 4.90 Å². The lowest BCUT2D eigenvalue weighted by Gasteiger charge is -2.30.